The molecule has 0 saturated carbocycles. The highest BCUT2D eigenvalue weighted by Gasteiger charge is 2.27. The van der Waals surface area contributed by atoms with Gasteiger partial charge >= 0.3 is 0 Å². The van der Waals surface area contributed by atoms with E-state index < -0.39 is 15.8 Å². The number of anilines is 1. The van der Waals surface area contributed by atoms with E-state index in [2.05, 4.69) is 4.72 Å². The van der Waals surface area contributed by atoms with Gasteiger partial charge in [0.25, 0.3) is 0 Å². The van der Waals surface area contributed by atoms with Gasteiger partial charge < -0.3 is 5.73 Å². The first-order valence-corrected chi connectivity index (χ1v) is 8.08. The maximum Gasteiger partial charge on any atom is 0.243 e. The molecule has 6 heteroatoms. The molecule has 0 fully saturated rings. The van der Waals surface area contributed by atoms with Crippen molar-refractivity contribution < 1.29 is 12.8 Å². The first-order valence-electron chi connectivity index (χ1n) is 6.60. The summed E-state index contributed by atoms with van der Waals surface area (Å²) >= 11 is 0. The van der Waals surface area contributed by atoms with Crippen molar-refractivity contribution in [1.82, 2.24) is 4.72 Å². The second kappa shape index (κ2) is 5.13. The monoisotopic (exact) mass is 306 g/mol. The number of rotatable bonds is 3. The molecule has 0 unspecified atom stereocenters. The van der Waals surface area contributed by atoms with Gasteiger partial charge in [-0.3, -0.25) is 0 Å². The van der Waals surface area contributed by atoms with Gasteiger partial charge in [0.2, 0.25) is 10.0 Å². The number of sulfonamides is 1. The van der Waals surface area contributed by atoms with E-state index in [9.17, 15) is 12.8 Å². The summed E-state index contributed by atoms with van der Waals surface area (Å²) in [6.45, 7) is 0. The van der Waals surface area contributed by atoms with E-state index in [0.717, 1.165) is 17.2 Å². The highest BCUT2D eigenvalue weighted by molar-refractivity contribution is 7.89. The molecule has 0 spiro atoms. The minimum atomic E-state index is -3.89. The van der Waals surface area contributed by atoms with Gasteiger partial charge in [-0.05, 0) is 42.2 Å². The number of fused-ring (bicyclic) bond motifs is 1. The lowest BCUT2D eigenvalue weighted by Gasteiger charge is -2.13. The second-order valence-electron chi connectivity index (χ2n) is 5.19. The molecule has 0 heterocycles. The Balaban J connectivity index is 1.82. The second-order valence-corrected chi connectivity index (χ2v) is 6.87. The first-order chi connectivity index (χ1) is 9.95. The van der Waals surface area contributed by atoms with Crippen LogP contribution in [0.3, 0.4) is 0 Å². The zero-order valence-electron chi connectivity index (χ0n) is 11.2. The number of nitrogens with one attached hydrogen (secondary N) is 1. The number of hydrogen-bond donors (Lipinski definition) is 2. The first kappa shape index (κ1) is 14.0. The van der Waals surface area contributed by atoms with Gasteiger partial charge in [0.05, 0.1) is 0 Å². The Hall–Kier alpha value is -1.92. The highest BCUT2D eigenvalue weighted by Crippen LogP contribution is 2.24. The minimum Gasteiger partial charge on any atom is -0.399 e. The van der Waals surface area contributed by atoms with Crippen LogP contribution >= 0.6 is 0 Å². The summed E-state index contributed by atoms with van der Waals surface area (Å²) in [5.74, 6) is -0.835. The minimum absolute atomic E-state index is 0.194. The summed E-state index contributed by atoms with van der Waals surface area (Å²) in [6, 6.07) is 11.1. The molecule has 3 rings (SSSR count). The van der Waals surface area contributed by atoms with Crippen LogP contribution in [0.2, 0.25) is 0 Å². The molecule has 0 amide bonds. The summed E-state index contributed by atoms with van der Waals surface area (Å²) < 4.78 is 40.9. The Morgan fingerprint density at radius 2 is 1.71 bits per heavy atom. The van der Waals surface area contributed by atoms with E-state index in [4.69, 9.17) is 5.73 Å². The third kappa shape index (κ3) is 2.77. The molecule has 1 aliphatic rings. The van der Waals surface area contributed by atoms with E-state index >= 15 is 0 Å². The average molecular weight is 306 g/mol. The fourth-order valence-corrected chi connectivity index (χ4v) is 3.96. The van der Waals surface area contributed by atoms with Gasteiger partial charge in [0.1, 0.15) is 10.7 Å². The summed E-state index contributed by atoms with van der Waals surface area (Å²) in [4.78, 5) is -0.368. The third-order valence-electron chi connectivity index (χ3n) is 3.62. The molecular formula is C15H15FN2O2S. The molecule has 0 atom stereocenters. The Morgan fingerprint density at radius 3 is 2.29 bits per heavy atom. The maximum absolute atomic E-state index is 13.8. The predicted octanol–water partition coefficient (Wildman–Crippen LogP) is 1.85. The standard InChI is InChI=1S/C15H15FN2O2S/c16-14-9-12(17)5-6-15(14)21(19,20)18-13-7-10-3-1-2-4-11(10)8-13/h1-6,9,13,18H,7-8,17H2. The topological polar surface area (TPSA) is 72.2 Å². The number of nitrogen functional groups attached to an aromatic ring is 1. The van der Waals surface area contributed by atoms with E-state index in [1.54, 1.807) is 0 Å². The maximum atomic E-state index is 13.8. The number of hydrogen-bond acceptors (Lipinski definition) is 3. The van der Waals surface area contributed by atoms with Gasteiger partial charge in [0.15, 0.2) is 0 Å². The van der Waals surface area contributed by atoms with Crippen molar-refractivity contribution in [3.8, 4) is 0 Å². The zero-order chi connectivity index (χ0) is 15.0. The molecule has 4 nitrogen and oxygen atoms in total. The van der Waals surface area contributed by atoms with Crippen LogP contribution in [-0.4, -0.2) is 14.5 Å². The van der Waals surface area contributed by atoms with E-state index in [1.165, 1.54) is 12.1 Å². The largest absolute Gasteiger partial charge is 0.399 e. The molecule has 2 aromatic rings. The lowest BCUT2D eigenvalue weighted by Crippen LogP contribution is -2.35. The Morgan fingerprint density at radius 1 is 1.10 bits per heavy atom. The summed E-state index contributed by atoms with van der Waals surface area (Å²) in [5, 5.41) is 0. The molecule has 110 valence electrons. The molecule has 0 aromatic heterocycles. The number of nitrogens with two attached hydrogens (primary N) is 1. The van der Waals surface area contributed by atoms with Crippen LogP contribution in [0.1, 0.15) is 11.1 Å². The molecule has 2 aromatic carbocycles. The van der Waals surface area contributed by atoms with Crippen LogP contribution in [0.4, 0.5) is 10.1 Å². The molecule has 3 N–H and O–H groups in total. The molecule has 0 aliphatic heterocycles. The van der Waals surface area contributed by atoms with Gasteiger partial charge in [-0.2, -0.15) is 0 Å². The van der Waals surface area contributed by atoms with Crippen LogP contribution in [0.15, 0.2) is 47.4 Å². The zero-order valence-corrected chi connectivity index (χ0v) is 12.0. The molecule has 1 aliphatic carbocycles. The average Bonchev–Trinajstić information content (AvgIpc) is 2.79. The van der Waals surface area contributed by atoms with Crippen LogP contribution < -0.4 is 10.5 Å². The predicted molar refractivity (Wildman–Crippen MR) is 78.8 cm³/mol. The molecule has 0 saturated heterocycles. The summed E-state index contributed by atoms with van der Waals surface area (Å²) in [6.07, 6.45) is 1.23. The number of halogens is 1. The fraction of sp³-hybridized carbons (Fsp3) is 0.200. The van der Waals surface area contributed by atoms with Crippen molar-refractivity contribution in [2.45, 2.75) is 23.8 Å². The van der Waals surface area contributed by atoms with Gasteiger partial charge in [-0.25, -0.2) is 17.5 Å². The Kier molecular flexibility index (Phi) is 3.43. The molecular weight excluding hydrogens is 291 g/mol. The summed E-state index contributed by atoms with van der Waals surface area (Å²) in [7, 11) is -3.89. The molecule has 21 heavy (non-hydrogen) atoms. The quantitative estimate of drug-likeness (QED) is 0.850. The van der Waals surface area contributed by atoms with Crippen LogP contribution in [0, 0.1) is 5.82 Å². The third-order valence-corrected chi connectivity index (χ3v) is 5.17. The molecule has 0 bridgehead atoms. The van der Waals surface area contributed by atoms with Crippen LogP contribution in [-0.2, 0) is 22.9 Å². The van der Waals surface area contributed by atoms with Gasteiger partial charge in [-0.1, -0.05) is 24.3 Å². The smallest absolute Gasteiger partial charge is 0.243 e. The normalized spacial score (nSPS) is 15.1. The van der Waals surface area contributed by atoms with E-state index in [1.807, 2.05) is 24.3 Å². The lowest BCUT2D eigenvalue weighted by atomic mass is 10.1. The van der Waals surface area contributed by atoms with E-state index in [-0.39, 0.29) is 16.6 Å². The van der Waals surface area contributed by atoms with Crippen molar-refractivity contribution in [3.63, 3.8) is 0 Å². The van der Waals surface area contributed by atoms with Gasteiger partial charge in [-0.15, -0.1) is 0 Å². The Labute approximate surface area is 122 Å². The number of benzene rings is 2. The van der Waals surface area contributed by atoms with Crippen molar-refractivity contribution in [2.75, 3.05) is 5.73 Å². The Bertz CT molecular complexity index is 765. The van der Waals surface area contributed by atoms with Crippen LogP contribution in [0.5, 0.6) is 0 Å². The van der Waals surface area contributed by atoms with Crippen molar-refractivity contribution in [2.24, 2.45) is 0 Å². The fourth-order valence-electron chi connectivity index (χ4n) is 2.66. The summed E-state index contributed by atoms with van der Waals surface area (Å²) in [5.41, 5.74) is 7.89. The van der Waals surface area contributed by atoms with Crippen molar-refractivity contribution >= 4 is 15.7 Å². The van der Waals surface area contributed by atoms with Crippen LogP contribution in [0.25, 0.3) is 0 Å². The highest BCUT2D eigenvalue weighted by atomic mass is 32.2. The van der Waals surface area contributed by atoms with Crippen molar-refractivity contribution in [1.29, 1.82) is 0 Å². The van der Waals surface area contributed by atoms with Gasteiger partial charge in [0, 0.05) is 11.7 Å². The lowest BCUT2D eigenvalue weighted by molar-refractivity contribution is 0.539. The van der Waals surface area contributed by atoms with E-state index in [0.29, 0.717) is 12.8 Å². The SMILES string of the molecule is Nc1ccc(S(=O)(=O)NC2Cc3ccccc3C2)c(F)c1. The van der Waals surface area contributed by atoms with Crippen molar-refractivity contribution in [3.05, 3.63) is 59.4 Å². The molecule has 0 radical (unpaired) electrons.